The van der Waals surface area contributed by atoms with Crippen molar-refractivity contribution < 1.29 is 13.5 Å². The molecule has 21 heavy (non-hydrogen) atoms. The summed E-state index contributed by atoms with van der Waals surface area (Å²) >= 11 is 0. The Bertz CT molecular complexity index is 479. The molecule has 2 rings (SSSR count). The van der Waals surface area contributed by atoms with E-state index in [0.717, 1.165) is 31.0 Å². The number of rotatable bonds is 5. The van der Waals surface area contributed by atoms with Crippen molar-refractivity contribution in [1.82, 2.24) is 0 Å². The second kappa shape index (κ2) is 9.14. The predicted molar refractivity (Wildman–Crippen MR) is 90.1 cm³/mol. The van der Waals surface area contributed by atoms with Crippen LogP contribution in [-0.4, -0.2) is 25.2 Å². The van der Waals surface area contributed by atoms with E-state index in [1.807, 2.05) is 0 Å². The average Bonchev–Trinajstić information content (AvgIpc) is 2.92. The Morgan fingerprint density at radius 3 is 2.76 bits per heavy atom. The van der Waals surface area contributed by atoms with Crippen LogP contribution in [0, 0.1) is 11.6 Å². The Morgan fingerprint density at radius 2 is 2.05 bits per heavy atom. The molecule has 0 radical (unpaired) electrons. The molecule has 1 aliphatic rings. The minimum atomic E-state index is -0.577. The zero-order valence-corrected chi connectivity index (χ0v) is 14.0. The molecule has 4 nitrogen and oxygen atoms in total. The van der Waals surface area contributed by atoms with Gasteiger partial charge in [0.2, 0.25) is 0 Å². The van der Waals surface area contributed by atoms with Gasteiger partial charge < -0.3 is 15.8 Å². The smallest absolute Gasteiger partial charge is 0.193 e. The van der Waals surface area contributed by atoms with Crippen LogP contribution >= 0.6 is 24.0 Å². The SMILES string of the molecule is I.NC(=NCCOC1CCCC1)Nc1cc(F)ccc1F. The lowest BCUT2D eigenvalue weighted by Crippen LogP contribution is -2.24. The molecule has 0 saturated heterocycles. The van der Waals surface area contributed by atoms with Gasteiger partial charge in [0.05, 0.1) is 24.9 Å². The molecule has 3 N–H and O–H groups in total. The number of guanidine groups is 1. The lowest BCUT2D eigenvalue weighted by molar-refractivity contribution is 0.0643. The fourth-order valence-corrected chi connectivity index (χ4v) is 2.21. The molecule has 1 aromatic carbocycles. The molecule has 0 amide bonds. The summed E-state index contributed by atoms with van der Waals surface area (Å²) in [6.07, 6.45) is 4.98. The maximum atomic E-state index is 13.4. The van der Waals surface area contributed by atoms with Gasteiger partial charge in [-0.25, -0.2) is 8.78 Å². The number of hydrogen-bond acceptors (Lipinski definition) is 2. The summed E-state index contributed by atoms with van der Waals surface area (Å²) < 4.78 is 31.9. The molecule has 118 valence electrons. The highest BCUT2D eigenvalue weighted by molar-refractivity contribution is 14.0. The van der Waals surface area contributed by atoms with Crippen LogP contribution in [0.25, 0.3) is 0 Å². The molecule has 1 saturated carbocycles. The van der Waals surface area contributed by atoms with Crippen LogP contribution in [-0.2, 0) is 4.74 Å². The average molecular weight is 411 g/mol. The topological polar surface area (TPSA) is 59.6 Å². The van der Waals surface area contributed by atoms with Crippen LogP contribution in [0.1, 0.15) is 25.7 Å². The van der Waals surface area contributed by atoms with Gasteiger partial charge in [-0.3, -0.25) is 4.99 Å². The van der Waals surface area contributed by atoms with Gasteiger partial charge in [0.1, 0.15) is 11.6 Å². The molecule has 0 bridgehead atoms. The summed E-state index contributed by atoms with van der Waals surface area (Å²) in [4.78, 5) is 4.02. The maximum Gasteiger partial charge on any atom is 0.193 e. The summed E-state index contributed by atoms with van der Waals surface area (Å²) in [5.41, 5.74) is 5.59. The number of anilines is 1. The van der Waals surface area contributed by atoms with E-state index in [1.165, 1.54) is 12.8 Å². The van der Waals surface area contributed by atoms with Gasteiger partial charge in [-0.2, -0.15) is 0 Å². The van der Waals surface area contributed by atoms with Crippen LogP contribution in [0.4, 0.5) is 14.5 Å². The molecule has 0 spiro atoms. The number of halogens is 3. The summed E-state index contributed by atoms with van der Waals surface area (Å²) in [5, 5.41) is 2.54. The second-order valence-electron chi connectivity index (χ2n) is 4.79. The van der Waals surface area contributed by atoms with Gasteiger partial charge in [-0.05, 0) is 25.0 Å². The Morgan fingerprint density at radius 1 is 1.33 bits per heavy atom. The fourth-order valence-electron chi connectivity index (χ4n) is 2.21. The highest BCUT2D eigenvalue weighted by Crippen LogP contribution is 2.20. The number of nitrogens with two attached hydrogens (primary N) is 1. The quantitative estimate of drug-likeness (QED) is 0.339. The van der Waals surface area contributed by atoms with Crippen LogP contribution in [0.2, 0.25) is 0 Å². The number of nitrogens with one attached hydrogen (secondary N) is 1. The molecule has 7 heteroatoms. The van der Waals surface area contributed by atoms with Crippen LogP contribution in [0.3, 0.4) is 0 Å². The number of aliphatic imine (C=N–C) groups is 1. The van der Waals surface area contributed by atoms with Crippen molar-refractivity contribution in [3.63, 3.8) is 0 Å². The van der Waals surface area contributed by atoms with E-state index in [4.69, 9.17) is 10.5 Å². The third kappa shape index (κ3) is 6.13. The molecule has 0 atom stereocenters. The van der Waals surface area contributed by atoms with E-state index in [0.29, 0.717) is 19.3 Å². The van der Waals surface area contributed by atoms with E-state index in [-0.39, 0.29) is 35.6 Å². The zero-order chi connectivity index (χ0) is 14.4. The first kappa shape index (κ1) is 18.1. The minimum Gasteiger partial charge on any atom is -0.376 e. The predicted octanol–water partition coefficient (Wildman–Crippen LogP) is 3.27. The van der Waals surface area contributed by atoms with Gasteiger partial charge in [0.15, 0.2) is 5.96 Å². The molecule has 0 aromatic heterocycles. The molecule has 1 fully saturated rings. The highest BCUT2D eigenvalue weighted by atomic mass is 127. The lowest BCUT2D eigenvalue weighted by atomic mass is 10.3. The third-order valence-corrected chi connectivity index (χ3v) is 3.22. The monoisotopic (exact) mass is 411 g/mol. The minimum absolute atomic E-state index is 0. The van der Waals surface area contributed by atoms with E-state index in [1.54, 1.807) is 0 Å². The number of hydrogen-bond donors (Lipinski definition) is 2. The van der Waals surface area contributed by atoms with E-state index in [2.05, 4.69) is 10.3 Å². The van der Waals surface area contributed by atoms with Crippen molar-refractivity contribution in [3.05, 3.63) is 29.8 Å². The molecule has 0 aliphatic heterocycles. The number of benzene rings is 1. The molecule has 1 aromatic rings. The van der Waals surface area contributed by atoms with E-state index < -0.39 is 11.6 Å². The van der Waals surface area contributed by atoms with Crippen LogP contribution < -0.4 is 11.1 Å². The number of ether oxygens (including phenoxy) is 1. The Kier molecular flexibility index (Phi) is 7.87. The molecular formula is C14H20F2IN3O. The number of nitrogens with zero attached hydrogens (tertiary/aromatic N) is 1. The molecular weight excluding hydrogens is 391 g/mol. The van der Waals surface area contributed by atoms with Crippen molar-refractivity contribution in [1.29, 1.82) is 0 Å². The van der Waals surface area contributed by atoms with Gasteiger partial charge >= 0.3 is 0 Å². The molecule has 1 aliphatic carbocycles. The third-order valence-electron chi connectivity index (χ3n) is 3.22. The van der Waals surface area contributed by atoms with Crippen LogP contribution in [0.15, 0.2) is 23.2 Å². The van der Waals surface area contributed by atoms with Gasteiger partial charge in [0.25, 0.3) is 0 Å². The maximum absolute atomic E-state index is 13.4. The highest BCUT2D eigenvalue weighted by Gasteiger charge is 2.14. The van der Waals surface area contributed by atoms with Gasteiger partial charge in [-0.15, -0.1) is 24.0 Å². The zero-order valence-electron chi connectivity index (χ0n) is 11.6. The Balaban J connectivity index is 0.00000220. The van der Waals surface area contributed by atoms with Crippen molar-refractivity contribution in [2.24, 2.45) is 10.7 Å². The first-order chi connectivity index (χ1) is 9.65. The van der Waals surface area contributed by atoms with E-state index >= 15 is 0 Å². The fraction of sp³-hybridized carbons (Fsp3) is 0.500. The standard InChI is InChI=1S/C14H19F2N3O.HI/c15-10-5-6-12(16)13(9-10)19-14(17)18-7-8-20-11-3-1-2-4-11;/h5-6,9,11H,1-4,7-8H2,(H3,17,18,19);1H. The van der Waals surface area contributed by atoms with Gasteiger partial charge in [-0.1, -0.05) is 12.8 Å². The second-order valence-corrected chi connectivity index (χ2v) is 4.79. The van der Waals surface area contributed by atoms with E-state index in [9.17, 15) is 8.78 Å². The summed E-state index contributed by atoms with van der Waals surface area (Å²) in [6.45, 7) is 0.880. The Labute approximate surface area is 140 Å². The Hall–Kier alpha value is -0.960. The largest absolute Gasteiger partial charge is 0.376 e. The molecule has 0 heterocycles. The van der Waals surface area contributed by atoms with Crippen molar-refractivity contribution in [2.45, 2.75) is 31.8 Å². The van der Waals surface area contributed by atoms with Crippen molar-refractivity contribution in [3.8, 4) is 0 Å². The lowest BCUT2D eigenvalue weighted by Gasteiger charge is -2.10. The summed E-state index contributed by atoms with van der Waals surface area (Å²) in [6, 6.07) is 3.12. The van der Waals surface area contributed by atoms with Crippen LogP contribution in [0.5, 0.6) is 0 Å². The van der Waals surface area contributed by atoms with Crippen molar-refractivity contribution in [2.75, 3.05) is 18.5 Å². The van der Waals surface area contributed by atoms with Gasteiger partial charge in [0, 0.05) is 6.07 Å². The summed E-state index contributed by atoms with van der Waals surface area (Å²) in [7, 11) is 0. The normalized spacial score (nSPS) is 15.8. The first-order valence-electron chi connectivity index (χ1n) is 6.79. The molecule has 0 unspecified atom stereocenters. The summed E-state index contributed by atoms with van der Waals surface area (Å²) in [5.74, 6) is -1.07. The van der Waals surface area contributed by atoms with Crippen molar-refractivity contribution >= 4 is 35.6 Å². The first-order valence-corrected chi connectivity index (χ1v) is 6.79.